The maximum absolute atomic E-state index is 12.6. The lowest BCUT2D eigenvalue weighted by Crippen LogP contribution is -2.13. The number of aromatic nitrogens is 1. The molecule has 2 aromatic carbocycles. The number of nitrogens with one attached hydrogen (secondary N) is 1. The molecule has 26 heavy (non-hydrogen) atoms. The molecule has 0 aliphatic rings. The van der Waals surface area contributed by atoms with E-state index in [4.69, 9.17) is 4.74 Å². The van der Waals surface area contributed by atoms with Gasteiger partial charge in [-0.1, -0.05) is 17.7 Å². The summed E-state index contributed by atoms with van der Waals surface area (Å²) in [6.07, 6.45) is 0. The van der Waals surface area contributed by atoms with Crippen LogP contribution in [-0.2, 0) is 0 Å². The van der Waals surface area contributed by atoms with Gasteiger partial charge in [-0.3, -0.25) is 10.1 Å². The van der Waals surface area contributed by atoms with E-state index in [1.807, 2.05) is 70.2 Å². The number of thiazole rings is 1. The molecule has 134 valence electrons. The highest BCUT2D eigenvalue weighted by Crippen LogP contribution is 2.31. The van der Waals surface area contributed by atoms with Crippen molar-refractivity contribution in [3.63, 3.8) is 0 Å². The highest BCUT2D eigenvalue weighted by Gasteiger charge is 2.15. The normalized spacial score (nSPS) is 10.6. The molecule has 1 amide bonds. The summed E-state index contributed by atoms with van der Waals surface area (Å²) < 4.78 is 5.48. The molecule has 1 heterocycles. The topological polar surface area (TPSA) is 51.2 Å². The molecular formula is C21H22N2O2S. The average Bonchev–Trinajstić information content (AvgIpc) is 2.98. The Labute approximate surface area is 157 Å². The summed E-state index contributed by atoms with van der Waals surface area (Å²) >= 11 is 1.48. The van der Waals surface area contributed by atoms with Crippen LogP contribution in [0.3, 0.4) is 0 Å². The van der Waals surface area contributed by atoms with Gasteiger partial charge < -0.3 is 4.74 Å². The zero-order chi connectivity index (χ0) is 18.7. The van der Waals surface area contributed by atoms with Gasteiger partial charge in [0.05, 0.1) is 12.3 Å². The SMILES string of the molecule is CCOc1ccc(-c2nc(NC(=O)c3cc(C)ccc3C)sc2C)cc1. The van der Waals surface area contributed by atoms with E-state index in [0.717, 1.165) is 33.0 Å². The second-order valence-electron chi connectivity index (χ2n) is 6.15. The summed E-state index contributed by atoms with van der Waals surface area (Å²) in [6.45, 7) is 8.53. The molecule has 0 saturated carbocycles. The zero-order valence-electron chi connectivity index (χ0n) is 15.4. The maximum atomic E-state index is 12.6. The molecule has 1 N–H and O–H groups in total. The minimum atomic E-state index is -0.127. The van der Waals surface area contributed by atoms with Gasteiger partial charge in [0.15, 0.2) is 5.13 Å². The van der Waals surface area contributed by atoms with Crippen LogP contribution in [0.4, 0.5) is 5.13 Å². The third kappa shape index (κ3) is 3.94. The number of amides is 1. The van der Waals surface area contributed by atoms with E-state index in [9.17, 15) is 4.79 Å². The molecule has 0 saturated heterocycles. The third-order valence-electron chi connectivity index (χ3n) is 4.09. The molecule has 0 spiro atoms. The van der Waals surface area contributed by atoms with Crippen molar-refractivity contribution in [3.8, 4) is 17.0 Å². The van der Waals surface area contributed by atoms with Crippen molar-refractivity contribution in [2.45, 2.75) is 27.7 Å². The Morgan fingerprint density at radius 3 is 2.54 bits per heavy atom. The van der Waals surface area contributed by atoms with Crippen LogP contribution in [0.1, 0.15) is 33.3 Å². The summed E-state index contributed by atoms with van der Waals surface area (Å²) in [5, 5.41) is 3.54. The Morgan fingerprint density at radius 2 is 1.85 bits per heavy atom. The van der Waals surface area contributed by atoms with Gasteiger partial charge in [0.2, 0.25) is 0 Å². The summed E-state index contributed by atoms with van der Waals surface area (Å²) in [4.78, 5) is 18.3. The Morgan fingerprint density at radius 1 is 1.12 bits per heavy atom. The second-order valence-corrected chi connectivity index (χ2v) is 7.36. The van der Waals surface area contributed by atoms with E-state index in [-0.39, 0.29) is 5.91 Å². The number of rotatable bonds is 5. The van der Waals surface area contributed by atoms with Crippen LogP contribution < -0.4 is 10.1 Å². The van der Waals surface area contributed by atoms with Crippen molar-refractivity contribution in [2.24, 2.45) is 0 Å². The van der Waals surface area contributed by atoms with Crippen LogP contribution in [0.5, 0.6) is 5.75 Å². The van der Waals surface area contributed by atoms with E-state index < -0.39 is 0 Å². The number of benzene rings is 2. The first kappa shape index (κ1) is 18.1. The van der Waals surface area contributed by atoms with E-state index in [0.29, 0.717) is 17.3 Å². The van der Waals surface area contributed by atoms with Crippen molar-refractivity contribution >= 4 is 22.4 Å². The lowest BCUT2D eigenvalue weighted by molar-refractivity contribution is 0.102. The van der Waals surface area contributed by atoms with E-state index >= 15 is 0 Å². The number of hydrogen-bond acceptors (Lipinski definition) is 4. The van der Waals surface area contributed by atoms with Crippen molar-refractivity contribution in [1.82, 2.24) is 4.98 Å². The first-order chi connectivity index (χ1) is 12.5. The average molecular weight is 366 g/mol. The number of nitrogens with zero attached hydrogens (tertiary/aromatic N) is 1. The molecule has 0 fully saturated rings. The first-order valence-corrected chi connectivity index (χ1v) is 9.39. The molecular weight excluding hydrogens is 344 g/mol. The molecule has 1 aromatic heterocycles. The highest BCUT2D eigenvalue weighted by atomic mass is 32.1. The number of carbonyl (C=O) groups is 1. The van der Waals surface area contributed by atoms with E-state index in [1.54, 1.807) is 0 Å². The van der Waals surface area contributed by atoms with Crippen LogP contribution >= 0.6 is 11.3 Å². The standard InChI is InChI=1S/C21H22N2O2S/c1-5-25-17-10-8-16(9-11-17)19-15(4)26-21(22-19)23-20(24)18-12-13(2)6-7-14(18)3/h6-12H,5H2,1-4H3,(H,22,23,24). The Balaban J connectivity index is 1.81. The molecule has 0 unspecified atom stereocenters. The van der Waals surface area contributed by atoms with Crippen LogP contribution in [0, 0.1) is 20.8 Å². The van der Waals surface area contributed by atoms with Crippen molar-refractivity contribution in [3.05, 3.63) is 64.0 Å². The molecule has 3 aromatic rings. The van der Waals surface area contributed by atoms with Crippen LogP contribution in [0.15, 0.2) is 42.5 Å². The molecule has 0 atom stereocenters. The Hall–Kier alpha value is -2.66. The Bertz CT molecular complexity index is 930. The summed E-state index contributed by atoms with van der Waals surface area (Å²) in [6, 6.07) is 13.7. The smallest absolute Gasteiger partial charge is 0.257 e. The molecule has 3 rings (SSSR count). The van der Waals surface area contributed by atoms with Gasteiger partial charge in [-0.2, -0.15) is 0 Å². The van der Waals surface area contributed by atoms with Crippen LogP contribution in [-0.4, -0.2) is 17.5 Å². The van der Waals surface area contributed by atoms with Gasteiger partial charge in [0.25, 0.3) is 5.91 Å². The van der Waals surface area contributed by atoms with Gasteiger partial charge in [-0.25, -0.2) is 4.98 Å². The fourth-order valence-electron chi connectivity index (χ4n) is 2.74. The van der Waals surface area contributed by atoms with Gasteiger partial charge in [-0.05, 0) is 63.6 Å². The predicted molar refractivity (Wildman–Crippen MR) is 107 cm³/mol. The monoisotopic (exact) mass is 366 g/mol. The third-order valence-corrected chi connectivity index (χ3v) is 4.98. The number of ether oxygens (including phenoxy) is 1. The number of carbonyl (C=O) groups excluding carboxylic acids is 1. The zero-order valence-corrected chi connectivity index (χ0v) is 16.2. The minimum absolute atomic E-state index is 0.127. The summed E-state index contributed by atoms with van der Waals surface area (Å²) in [5.74, 6) is 0.714. The van der Waals surface area contributed by atoms with Gasteiger partial charge in [0.1, 0.15) is 5.75 Å². The van der Waals surface area contributed by atoms with Crippen LogP contribution in [0.2, 0.25) is 0 Å². The summed E-state index contributed by atoms with van der Waals surface area (Å²) in [7, 11) is 0. The quantitative estimate of drug-likeness (QED) is 0.659. The number of hydrogen-bond donors (Lipinski definition) is 1. The van der Waals surface area contributed by atoms with E-state index in [2.05, 4.69) is 10.3 Å². The van der Waals surface area contributed by atoms with Crippen molar-refractivity contribution < 1.29 is 9.53 Å². The Kier molecular flexibility index (Phi) is 5.38. The molecule has 0 radical (unpaired) electrons. The minimum Gasteiger partial charge on any atom is -0.494 e. The molecule has 0 aliphatic heterocycles. The largest absolute Gasteiger partial charge is 0.494 e. The lowest BCUT2D eigenvalue weighted by Gasteiger charge is -2.06. The maximum Gasteiger partial charge on any atom is 0.257 e. The van der Waals surface area contributed by atoms with Gasteiger partial charge in [0, 0.05) is 16.0 Å². The summed E-state index contributed by atoms with van der Waals surface area (Å²) in [5.41, 5.74) is 4.59. The molecule has 4 nitrogen and oxygen atoms in total. The molecule has 5 heteroatoms. The fourth-order valence-corrected chi connectivity index (χ4v) is 3.57. The van der Waals surface area contributed by atoms with Crippen molar-refractivity contribution in [2.75, 3.05) is 11.9 Å². The highest BCUT2D eigenvalue weighted by molar-refractivity contribution is 7.16. The number of anilines is 1. The predicted octanol–water partition coefficient (Wildman–Crippen LogP) is 5.39. The number of aryl methyl sites for hydroxylation is 3. The van der Waals surface area contributed by atoms with Crippen LogP contribution in [0.25, 0.3) is 11.3 Å². The van der Waals surface area contributed by atoms with Gasteiger partial charge >= 0.3 is 0 Å². The molecule has 0 aliphatic carbocycles. The second kappa shape index (κ2) is 7.70. The van der Waals surface area contributed by atoms with Crippen molar-refractivity contribution in [1.29, 1.82) is 0 Å². The fraction of sp³-hybridized carbons (Fsp3) is 0.238. The first-order valence-electron chi connectivity index (χ1n) is 8.57. The van der Waals surface area contributed by atoms with Gasteiger partial charge in [-0.15, -0.1) is 11.3 Å². The lowest BCUT2D eigenvalue weighted by atomic mass is 10.1. The molecule has 0 bridgehead atoms. The van der Waals surface area contributed by atoms with E-state index in [1.165, 1.54) is 11.3 Å².